The van der Waals surface area contributed by atoms with E-state index in [2.05, 4.69) is 25.8 Å². The molecule has 2 atom stereocenters. The van der Waals surface area contributed by atoms with Gasteiger partial charge in [0.15, 0.2) is 0 Å². The number of oxazole rings is 1. The van der Waals surface area contributed by atoms with Crippen molar-refractivity contribution in [2.75, 3.05) is 27.3 Å². The molecule has 1 rings (SSSR count). The van der Waals surface area contributed by atoms with E-state index in [0.717, 1.165) is 5.76 Å². The number of methoxy groups -OCH3 is 1. The minimum absolute atomic E-state index is 0.0163. The highest BCUT2D eigenvalue weighted by Crippen LogP contribution is 2.26. The molecular formula is C14H26N2O3. The summed E-state index contributed by atoms with van der Waals surface area (Å²) in [4.78, 5) is 6.34. The molecule has 0 saturated carbocycles. The standard InChI is InChI=1S/C14H26N2O3/c1-10(16(5)8-11(17)9-18-6)13-15-7-12(19-13)14(2,3)4/h7,10-11,17H,8-9H2,1-6H3. The second kappa shape index (κ2) is 6.50. The summed E-state index contributed by atoms with van der Waals surface area (Å²) >= 11 is 0. The van der Waals surface area contributed by atoms with Crippen molar-refractivity contribution in [1.82, 2.24) is 9.88 Å². The lowest BCUT2D eigenvalue weighted by atomic mass is 9.94. The van der Waals surface area contributed by atoms with Gasteiger partial charge in [0, 0.05) is 19.1 Å². The van der Waals surface area contributed by atoms with E-state index in [1.54, 1.807) is 13.3 Å². The van der Waals surface area contributed by atoms with Crippen LogP contribution in [0.2, 0.25) is 0 Å². The highest BCUT2D eigenvalue weighted by atomic mass is 16.5. The minimum Gasteiger partial charge on any atom is -0.443 e. The van der Waals surface area contributed by atoms with Crippen LogP contribution in [0.15, 0.2) is 10.6 Å². The van der Waals surface area contributed by atoms with Crippen LogP contribution in [0.25, 0.3) is 0 Å². The Morgan fingerprint density at radius 1 is 1.47 bits per heavy atom. The summed E-state index contributed by atoms with van der Waals surface area (Å²) in [5.74, 6) is 1.55. The molecule has 0 saturated heterocycles. The first-order valence-corrected chi connectivity index (χ1v) is 6.59. The molecule has 0 bridgehead atoms. The molecule has 5 nitrogen and oxygen atoms in total. The maximum atomic E-state index is 9.73. The Morgan fingerprint density at radius 2 is 2.11 bits per heavy atom. The zero-order chi connectivity index (χ0) is 14.6. The number of nitrogens with zero attached hydrogens (tertiary/aromatic N) is 2. The van der Waals surface area contributed by atoms with Crippen molar-refractivity contribution in [3.8, 4) is 0 Å². The van der Waals surface area contributed by atoms with E-state index in [9.17, 15) is 5.11 Å². The molecule has 1 heterocycles. The molecule has 1 aromatic rings. The average Bonchev–Trinajstić information content (AvgIpc) is 2.76. The summed E-state index contributed by atoms with van der Waals surface area (Å²) in [7, 11) is 3.51. The van der Waals surface area contributed by atoms with E-state index in [1.165, 1.54) is 0 Å². The van der Waals surface area contributed by atoms with Crippen LogP contribution < -0.4 is 0 Å². The Morgan fingerprint density at radius 3 is 2.58 bits per heavy atom. The van der Waals surface area contributed by atoms with E-state index < -0.39 is 6.10 Å². The molecule has 110 valence electrons. The summed E-state index contributed by atoms with van der Waals surface area (Å²) in [6.45, 7) is 9.13. The minimum atomic E-state index is -0.505. The molecule has 0 aliphatic heterocycles. The van der Waals surface area contributed by atoms with Gasteiger partial charge in [-0.05, 0) is 14.0 Å². The van der Waals surface area contributed by atoms with E-state index in [4.69, 9.17) is 9.15 Å². The van der Waals surface area contributed by atoms with Crippen molar-refractivity contribution >= 4 is 0 Å². The van der Waals surface area contributed by atoms with Gasteiger partial charge in [-0.1, -0.05) is 20.8 Å². The maximum Gasteiger partial charge on any atom is 0.211 e. The first-order valence-electron chi connectivity index (χ1n) is 6.59. The van der Waals surface area contributed by atoms with Crippen molar-refractivity contribution in [2.45, 2.75) is 45.3 Å². The van der Waals surface area contributed by atoms with E-state index in [0.29, 0.717) is 19.0 Å². The molecule has 0 spiro atoms. The molecule has 1 N–H and O–H groups in total. The molecule has 5 heteroatoms. The number of rotatable bonds is 6. The topological polar surface area (TPSA) is 58.7 Å². The first kappa shape index (κ1) is 16.1. The summed E-state index contributed by atoms with van der Waals surface area (Å²) in [6.07, 6.45) is 1.28. The molecule has 0 aliphatic carbocycles. The van der Waals surface area contributed by atoms with Gasteiger partial charge in [-0.3, -0.25) is 4.90 Å². The van der Waals surface area contributed by atoms with Gasteiger partial charge in [-0.25, -0.2) is 4.98 Å². The quantitative estimate of drug-likeness (QED) is 0.856. The number of hydrogen-bond donors (Lipinski definition) is 1. The zero-order valence-corrected chi connectivity index (χ0v) is 12.8. The third kappa shape index (κ3) is 4.60. The largest absolute Gasteiger partial charge is 0.443 e. The van der Waals surface area contributed by atoms with Gasteiger partial charge in [0.2, 0.25) is 5.89 Å². The molecule has 1 aromatic heterocycles. The number of likely N-dealkylation sites (N-methyl/N-ethyl adjacent to an activating group) is 1. The summed E-state index contributed by atoms with van der Waals surface area (Å²) < 4.78 is 10.7. The lowest BCUT2D eigenvalue weighted by Gasteiger charge is -2.24. The lowest BCUT2D eigenvalue weighted by molar-refractivity contribution is 0.0329. The van der Waals surface area contributed by atoms with Crippen LogP contribution in [0.1, 0.15) is 45.4 Å². The van der Waals surface area contributed by atoms with Crippen molar-refractivity contribution in [1.29, 1.82) is 0 Å². The van der Waals surface area contributed by atoms with Gasteiger partial charge in [-0.2, -0.15) is 0 Å². The molecule has 2 unspecified atom stereocenters. The Bertz CT molecular complexity index is 384. The van der Waals surface area contributed by atoms with Gasteiger partial charge in [-0.15, -0.1) is 0 Å². The number of aliphatic hydroxyl groups excluding tert-OH is 1. The van der Waals surface area contributed by atoms with Gasteiger partial charge in [0.1, 0.15) is 5.76 Å². The summed E-state index contributed by atoms with van der Waals surface area (Å²) in [5.41, 5.74) is -0.0426. The van der Waals surface area contributed by atoms with Gasteiger partial charge >= 0.3 is 0 Å². The number of aliphatic hydroxyl groups is 1. The van der Waals surface area contributed by atoms with Gasteiger partial charge in [0.25, 0.3) is 0 Å². The van der Waals surface area contributed by atoms with E-state index in [-0.39, 0.29) is 11.5 Å². The van der Waals surface area contributed by atoms with Crippen LogP contribution in [-0.4, -0.2) is 48.4 Å². The molecule has 0 fully saturated rings. The van der Waals surface area contributed by atoms with Crippen LogP contribution in [0.4, 0.5) is 0 Å². The Labute approximate surface area is 115 Å². The smallest absolute Gasteiger partial charge is 0.211 e. The van der Waals surface area contributed by atoms with Gasteiger partial charge in [0.05, 0.1) is 24.9 Å². The Hall–Kier alpha value is -0.910. The van der Waals surface area contributed by atoms with Crippen molar-refractivity contribution < 1.29 is 14.3 Å². The van der Waals surface area contributed by atoms with Crippen molar-refractivity contribution in [3.05, 3.63) is 17.8 Å². The predicted molar refractivity (Wildman–Crippen MR) is 74.1 cm³/mol. The fourth-order valence-electron chi connectivity index (χ4n) is 1.75. The monoisotopic (exact) mass is 270 g/mol. The molecular weight excluding hydrogens is 244 g/mol. The SMILES string of the molecule is COCC(O)CN(C)C(C)c1ncc(C(C)(C)C)o1. The number of hydrogen-bond acceptors (Lipinski definition) is 5. The second-order valence-electron chi connectivity index (χ2n) is 6.04. The normalized spacial score (nSPS) is 15.8. The van der Waals surface area contributed by atoms with Crippen LogP contribution in [0.3, 0.4) is 0 Å². The Balaban J connectivity index is 2.66. The highest BCUT2D eigenvalue weighted by molar-refractivity contribution is 5.07. The molecule has 0 radical (unpaired) electrons. The van der Waals surface area contributed by atoms with Crippen LogP contribution >= 0.6 is 0 Å². The predicted octanol–water partition coefficient (Wildman–Crippen LogP) is 1.97. The van der Waals surface area contributed by atoms with Crippen LogP contribution in [-0.2, 0) is 10.2 Å². The number of ether oxygens (including phenoxy) is 1. The molecule has 0 aromatic carbocycles. The molecule has 0 aliphatic rings. The first-order chi connectivity index (χ1) is 8.75. The summed E-state index contributed by atoms with van der Waals surface area (Å²) in [5, 5.41) is 9.73. The highest BCUT2D eigenvalue weighted by Gasteiger charge is 2.23. The molecule has 19 heavy (non-hydrogen) atoms. The third-order valence-electron chi connectivity index (χ3n) is 3.14. The average molecular weight is 270 g/mol. The zero-order valence-electron chi connectivity index (χ0n) is 12.8. The maximum absolute atomic E-state index is 9.73. The number of aromatic nitrogens is 1. The van der Waals surface area contributed by atoms with Crippen molar-refractivity contribution in [2.24, 2.45) is 0 Å². The summed E-state index contributed by atoms with van der Waals surface area (Å²) in [6, 6.07) is 0.0163. The van der Waals surface area contributed by atoms with Crippen LogP contribution in [0, 0.1) is 0 Å². The second-order valence-corrected chi connectivity index (χ2v) is 6.04. The van der Waals surface area contributed by atoms with Crippen molar-refractivity contribution in [3.63, 3.8) is 0 Å². The molecule has 0 amide bonds. The van der Waals surface area contributed by atoms with Gasteiger partial charge < -0.3 is 14.3 Å². The fourth-order valence-corrected chi connectivity index (χ4v) is 1.75. The third-order valence-corrected chi connectivity index (χ3v) is 3.14. The lowest BCUT2D eigenvalue weighted by Crippen LogP contribution is -2.33. The Kier molecular flexibility index (Phi) is 5.52. The van der Waals surface area contributed by atoms with E-state index >= 15 is 0 Å². The van der Waals surface area contributed by atoms with Crippen LogP contribution in [0.5, 0.6) is 0 Å². The fraction of sp³-hybridized carbons (Fsp3) is 0.786. The van der Waals surface area contributed by atoms with E-state index in [1.807, 2.05) is 18.9 Å².